The zero-order chi connectivity index (χ0) is 14.5. The Labute approximate surface area is 120 Å². The smallest absolute Gasteiger partial charge is 0.0917 e. The Balaban J connectivity index is 1.95. The van der Waals surface area contributed by atoms with Gasteiger partial charge in [0.25, 0.3) is 0 Å². The molecule has 2 rings (SSSR count). The number of nitrogen functional groups attached to an aromatic ring is 1. The van der Waals surface area contributed by atoms with Crippen molar-refractivity contribution in [3.05, 3.63) is 65.2 Å². The van der Waals surface area contributed by atoms with Crippen LogP contribution in [0, 0.1) is 6.92 Å². The molecular weight excluding hydrogens is 248 g/mol. The van der Waals surface area contributed by atoms with Gasteiger partial charge < -0.3 is 10.8 Å². The predicted octanol–water partition coefficient (Wildman–Crippen LogP) is 2.74. The van der Waals surface area contributed by atoms with Crippen molar-refractivity contribution in [1.82, 2.24) is 4.90 Å². The average Bonchev–Trinajstić information content (AvgIpc) is 2.38. The van der Waals surface area contributed by atoms with Crippen molar-refractivity contribution in [2.75, 3.05) is 19.3 Å². The maximum absolute atomic E-state index is 10.3. The van der Waals surface area contributed by atoms with Crippen molar-refractivity contribution in [3.8, 4) is 0 Å². The monoisotopic (exact) mass is 270 g/mol. The fourth-order valence-electron chi connectivity index (χ4n) is 2.35. The lowest BCUT2D eigenvalue weighted by Crippen LogP contribution is -2.24. The van der Waals surface area contributed by atoms with Gasteiger partial charge in [-0.1, -0.05) is 42.0 Å². The molecule has 3 heteroatoms. The Morgan fingerprint density at radius 1 is 1.15 bits per heavy atom. The third kappa shape index (κ3) is 4.08. The molecule has 0 saturated carbocycles. The zero-order valence-electron chi connectivity index (χ0n) is 12.1. The standard InChI is InChI=1S/C17H22N2O/c1-13-5-3-6-14(9-13)11-19(2)12-17(20)15-7-4-8-16(18)10-15/h3-10,17,20H,11-12,18H2,1-2H3. The van der Waals surface area contributed by atoms with Crippen LogP contribution in [-0.4, -0.2) is 23.6 Å². The summed E-state index contributed by atoms with van der Waals surface area (Å²) in [6.45, 7) is 3.49. The molecule has 0 heterocycles. The first kappa shape index (κ1) is 14.6. The second-order valence-corrected chi connectivity index (χ2v) is 5.37. The molecule has 0 radical (unpaired) electrons. The molecule has 20 heavy (non-hydrogen) atoms. The Morgan fingerprint density at radius 3 is 2.60 bits per heavy atom. The highest BCUT2D eigenvalue weighted by Gasteiger charge is 2.11. The first-order chi connectivity index (χ1) is 9.54. The van der Waals surface area contributed by atoms with Gasteiger partial charge in [0.1, 0.15) is 0 Å². The van der Waals surface area contributed by atoms with Crippen molar-refractivity contribution in [3.63, 3.8) is 0 Å². The highest BCUT2D eigenvalue weighted by Crippen LogP contribution is 2.17. The summed E-state index contributed by atoms with van der Waals surface area (Å²) >= 11 is 0. The van der Waals surface area contributed by atoms with Crippen molar-refractivity contribution < 1.29 is 5.11 Å². The zero-order valence-corrected chi connectivity index (χ0v) is 12.1. The van der Waals surface area contributed by atoms with Crippen LogP contribution < -0.4 is 5.73 Å². The molecule has 1 unspecified atom stereocenters. The van der Waals surface area contributed by atoms with E-state index < -0.39 is 6.10 Å². The van der Waals surface area contributed by atoms with E-state index in [2.05, 4.69) is 36.1 Å². The highest BCUT2D eigenvalue weighted by atomic mass is 16.3. The van der Waals surface area contributed by atoms with Crippen LogP contribution >= 0.6 is 0 Å². The number of nitrogens with two attached hydrogens (primary N) is 1. The van der Waals surface area contributed by atoms with Crippen LogP contribution in [0.4, 0.5) is 5.69 Å². The number of nitrogens with zero attached hydrogens (tertiary/aromatic N) is 1. The molecule has 3 nitrogen and oxygen atoms in total. The van der Waals surface area contributed by atoms with Gasteiger partial charge in [0, 0.05) is 18.8 Å². The van der Waals surface area contributed by atoms with Crippen molar-refractivity contribution >= 4 is 5.69 Å². The summed E-state index contributed by atoms with van der Waals surface area (Å²) in [4.78, 5) is 2.11. The van der Waals surface area contributed by atoms with Gasteiger partial charge in [0.2, 0.25) is 0 Å². The van der Waals surface area contributed by atoms with E-state index >= 15 is 0 Å². The number of hydrogen-bond donors (Lipinski definition) is 2. The number of likely N-dealkylation sites (N-methyl/N-ethyl adjacent to an activating group) is 1. The van der Waals surface area contributed by atoms with Gasteiger partial charge in [-0.25, -0.2) is 0 Å². The van der Waals surface area contributed by atoms with Crippen LogP contribution in [0.15, 0.2) is 48.5 Å². The fraction of sp³-hybridized carbons (Fsp3) is 0.294. The van der Waals surface area contributed by atoms with Gasteiger partial charge in [-0.3, -0.25) is 4.90 Å². The van der Waals surface area contributed by atoms with E-state index in [9.17, 15) is 5.11 Å². The van der Waals surface area contributed by atoms with Gasteiger partial charge >= 0.3 is 0 Å². The van der Waals surface area contributed by atoms with E-state index in [1.165, 1.54) is 11.1 Å². The van der Waals surface area contributed by atoms with Gasteiger partial charge in [-0.05, 0) is 37.2 Å². The summed E-state index contributed by atoms with van der Waals surface area (Å²) in [7, 11) is 2.01. The minimum absolute atomic E-state index is 0.520. The molecule has 0 aliphatic heterocycles. The number of aryl methyl sites for hydroxylation is 1. The lowest BCUT2D eigenvalue weighted by molar-refractivity contribution is 0.124. The van der Waals surface area contributed by atoms with Crippen LogP contribution in [0.2, 0.25) is 0 Å². The molecule has 2 aromatic carbocycles. The van der Waals surface area contributed by atoms with Gasteiger partial charge in [0.05, 0.1) is 6.10 Å². The molecule has 0 saturated heterocycles. The second-order valence-electron chi connectivity index (χ2n) is 5.37. The molecular formula is C17H22N2O. The third-order valence-electron chi connectivity index (χ3n) is 3.32. The maximum Gasteiger partial charge on any atom is 0.0917 e. The molecule has 2 aromatic rings. The molecule has 0 fully saturated rings. The number of hydrogen-bond acceptors (Lipinski definition) is 3. The summed E-state index contributed by atoms with van der Waals surface area (Å²) in [5.41, 5.74) is 9.80. The molecule has 0 aliphatic rings. The molecule has 1 atom stereocenters. The van der Waals surface area contributed by atoms with E-state index in [1.54, 1.807) is 0 Å². The van der Waals surface area contributed by atoms with Crippen LogP contribution in [0.5, 0.6) is 0 Å². The van der Waals surface area contributed by atoms with Crippen LogP contribution in [-0.2, 0) is 6.54 Å². The normalized spacial score (nSPS) is 12.6. The van der Waals surface area contributed by atoms with E-state index in [4.69, 9.17) is 5.73 Å². The number of aliphatic hydroxyl groups excluding tert-OH is 1. The Kier molecular flexibility index (Phi) is 4.77. The van der Waals surface area contributed by atoms with Crippen molar-refractivity contribution in [2.24, 2.45) is 0 Å². The number of rotatable bonds is 5. The Hall–Kier alpha value is -1.84. The second kappa shape index (κ2) is 6.55. The van der Waals surface area contributed by atoms with Crippen LogP contribution in [0.3, 0.4) is 0 Å². The van der Waals surface area contributed by atoms with E-state index in [-0.39, 0.29) is 0 Å². The van der Waals surface area contributed by atoms with Crippen LogP contribution in [0.1, 0.15) is 22.8 Å². The van der Waals surface area contributed by atoms with Gasteiger partial charge in [-0.2, -0.15) is 0 Å². The Bertz CT molecular complexity index is 568. The van der Waals surface area contributed by atoms with Crippen molar-refractivity contribution in [1.29, 1.82) is 0 Å². The van der Waals surface area contributed by atoms with E-state index in [0.717, 1.165) is 12.1 Å². The van der Waals surface area contributed by atoms with Crippen molar-refractivity contribution in [2.45, 2.75) is 19.6 Å². The highest BCUT2D eigenvalue weighted by molar-refractivity contribution is 5.41. The molecule has 0 amide bonds. The third-order valence-corrected chi connectivity index (χ3v) is 3.32. The molecule has 0 bridgehead atoms. The fourth-order valence-corrected chi connectivity index (χ4v) is 2.35. The number of anilines is 1. The number of aliphatic hydroxyl groups is 1. The maximum atomic E-state index is 10.3. The molecule has 3 N–H and O–H groups in total. The summed E-state index contributed by atoms with van der Waals surface area (Å²) in [5, 5.41) is 10.3. The lowest BCUT2D eigenvalue weighted by Gasteiger charge is -2.21. The first-order valence-electron chi connectivity index (χ1n) is 6.82. The molecule has 0 spiro atoms. The predicted molar refractivity (Wildman–Crippen MR) is 83.3 cm³/mol. The summed E-state index contributed by atoms with van der Waals surface area (Å²) in [5.74, 6) is 0. The summed E-state index contributed by atoms with van der Waals surface area (Å²) in [6.07, 6.45) is -0.520. The summed E-state index contributed by atoms with van der Waals surface area (Å²) < 4.78 is 0. The minimum atomic E-state index is -0.520. The minimum Gasteiger partial charge on any atom is -0.399 e. The first-order valence-corrected chi connectivity index (χ1v) is 6.82. The molecule has 106 valence electrons. The van der Waals surface area contributed by atoms with E-state index in [0.29, 0.717) is 12.2 Å². The molecule has 0 aliphatic carbocycles. The largest absolute Gasteiger partial charge is 0.399 e. The SMILES string of the molecule is Cc1cccc(CN(C)CC(O)c2cccc(N)c2)c1. The van der Waals surface area contributed by atoms with E-state index in [1.807, 2.05) is 31.3 Å². The molecule has 0 aromatic heterocycles. The topological polar surface area (TPSA) is 49.5 Å². The number of benzene rings is 2. The van der Waals surface area contributed by atoms with Gasteiger partial charge in [0.15, 0.2) is 0 Å². The summed E-state index contributed by atoms with van der Waals surface area (Å²) in [6, 6.07) is 15.9. The quantitative estimate of drug-likeness (QED) is 0.821. The average molecular weight is 270 g/mol. The Morgan fingerprint density at radius 2 is 1.90 bits per heavy atom. The van der Waals surface area contributed by atoms with Gasteiger partial charge in [-0.15, -0.1) is 0 Å². The van der Waals surface area contributed by atoms with Crippen LogP contribution in [0.25, 0.3) is 0 Å². The lowest BCUT2D eigenvalue weighted by atomic mass is 10.1.